The topological polar surface area (TPSA) is 72.9 Å². The third-order valence-electron chi connectivity index (χ3n) is 4.11. The number of benzene rings is 1. The number of hydrogen-bond acceptors (Lipinski definition) is 5. The number of carbonyl (C=O) groups is 1. The molecule has 0 bridgehead atoms. The first-order chi connectivity index (χ1) is 10.9. The number of hydrogen-bond donors (Lipinski definition) is 0. The SMILES string of the molecule is O=C1CC(S(=O)(=O)Cl)CN1c1ccccc1OC1CCOCC1. The fourth-order valence-electron chi connectivity index (χ4n) is 2.85. The monoisotopic (exact) mass is 359 g/mol. The molecule has 2 fully saturated rings. The molecule has 0 radical (unpaired) electrons. The van der Waals surface area contributed by atoms with Crippen molar-refractivity contribution in [1.29, 1.82) is 0 Å². The molecule has 0 aliphatic carbocycles. The Morgan fingerprint density at radius 1 is 1.22 bits per heavy atom. The van der Waals surface area contributed by atoms with Gasteiger partial charge in [-0.2, -0.15) is 0 Å². The molecule has 0 saturated carbocycles. The van der Waals surface area contributed by atoms with Gasteiger partial charge in [-0.1, -0.05) is 12.1 Å². The van der Waals surface area contributed by atoms with E-state index in [1.807, 2.05) is 6.07 Å². The number of halogens is 1. The summed E-state index contributed by atoms with van der Waals surface area (Å²) in [5, 5.41) is -0.882. The first kappa shape index (κ1) is 16.5. The number of carbonyl (C=O) groups excluding carboxylic acids is 1. The molecule has 8 heteroatoms. The summed E-state index contributed by atoms with van der Waals surface area (Å²) >= 11 is 0. The van der Waals surface area contributed by atoms with Gasteiger partial charge < -0.3 is 14.4 Å². The zero-order valence-electron chi connectivity index (χ0n) is 12.5. The van der Waals surface area contributed by atoms with Crippen LogP contribution in [0.4, 0.5) is 5.69 Å². The van der Waals surface area contributed by atoms with Crippen LogP contribution < -0.4 is 9.64 Å². The molecular formula is C15H18ClNO5S. The van der Waals surface area contributed by atoms with Crippen LogP contribution in [0.5, 0.6) is 5.75 Å². The Morgan fingerprint density at radius 3 is 2.57 bits per heavy atom. The second-order valence-corrected chi connectivity index (χ2v) is 8.61. The lowest BCUT2D eigenvalue weighted by molar-refractivity contribution is -0.117. The molecule has 1 aromatic carbocycles. The fourth-order valence-corrected chi connectivity index (χ4v) is 3.88. The minimum atomic E-state index is -3.76. The summed E-state index contributed by atoms with van der Waals surface area (Å²) < 4.78 is 34.3. The Hall–Kier alpha value is -1.31. The van der Waals surface area contributed by atoms with Gasteiger partial charge in [0.1, 0.15) is 17.1 Å². The van der Waals surface area contributed by atoms with E-state index in [1.54, 1.807) is 18.2 Å². The van der Waals surface area contributed by atoms with Crippen LogP contribution in [0, 0.1) is 0 Å². The zero-order valence-corrected chi connectivity index (χ0v) is 14.1. The Labute approximate surface area is 139 Å². The van der Waals surface area contributed by atoms with Crippen LogP contribution >= 0.6 is 10.7 Å². The highest BCUT2D eigenvalue weighted by molar-refractivity contribution is 8.14. The first-order valence-corrected chi connectivity index (χ1v) is 9.89. The van der Waals surface area contributed by atoms with Crippen LogP contribution in [0.25, 0.3) is 0 Å². The highest BCUT2D eigenvalue weighted by atomic mass is 35.7. The van der Waals surface area contributed by atoms with E-state index in [0.717, 1.165) is 12.8 Å². The van der Waals surface area contributed by atoms with E-state index in [1.165, 1.54) is 4.90 Å². The van der Waals surface area contributed by atoms with Crippen LogP contribution in [0.2, 0.25) is 0 Å². The minimum Gasteiger partial charge on any atom is -0.488 e. The van der Waals surface area contributed by atoms with Gasteiger partial charge in [0, 0.05) is 36.5 Å². The van der Waals surface area contributed by atoms with Gasteiger partial charge >= 0.3 is 0 Å². The molecule has 1 atom stereocenters. The maximum Gasteiger partial charge on any atom is 0.237 e. The van der Waals surface area contributed by atoms with E-state index in [9.17, 15) is 13.2 Å². The number of nitrogens with zero attached hydrogens (tertiary/aromatic N) is 1. The van der Waals surface area contributed by atoms with Crippen LogP contribution in [0.3, 0.4) is 0 Å². The van der Waals surface area contributed by atoms with Gasteiger partial charge in [0.2, 0.25) is 15.0 Å². The predicted molar refractivity (Wildman–Crippen MR) is 86.4 cm³/mol. The molecule has 126 valence electrons. The van der Waals surface area contributed by atoms with E-state index in [-0.39, 0.29) is 25.0 Å². The van der Waals surface area contributed by atoms with Crippen molar-refractivity contribution in [1.82, 2.24) is 0 Å². The minimum absolute atomic E-state index is 0.0372. The second kappa shape index (κ2) is 6.67. The third kappa shape index (κ3) is 3.79. The lowest BCUT2D eigenvalue weighted by Crippen LogP contribution is -2.29. The van der Waals surface area contributed by atoms with Gasteiger partial charge in [-0.25, -0.2) is 8.42 Å². The second-order valence-electron chi connectivity index (χ2n) is 5.70. The highest BCUT2D eigenvalue weighted by Crippen LogP contribution is 2.34. The average Bonchev–Trinajstić information content (AvgIpc) is 2.91. The lowest BCUT2D eigenvalue weighted by atomic mass is 10.1. The molecule has 1 amide bonds. The molecule has 0 N–H and O–H groups in total. The quantitative estimate of drug-likeness (QED) is 0.768. The van der Waals surface area contributed by atoms with Crippen LogP contribution in [-0.4, -0.2) is 45.4 Å². The summed E-state index contributed by atoms with van der Waals surface area (Å²) in [6, 6.07) is 7.17. The molecule has 2 heterocycles. The van der Waals surface area contributed by atoms with Gasteiger partial charge in [-0.05, 0) is 12.1 Å². The van der Waals surface area contributed by atoms with Crippen molar-refractivity contribution in [2.75, 3.05) is 24.7 Å². The summed E-state index contributed by atoms with van der Waals surface area (Å²) in [7, 11) is 1.64. The van der Waals surface area contributed by atoms with Crippen LogP contribution in [0.15, 0.2) is 24.3 Å². The number of rotatable bonds is 4. The Bertz CT molecular complexity index is 687. The van der Waals surface area contributed by atoms with Gasteiger partial charge in [-0.3, -0.25) is 4.79 Å². The van der Waals surface area contributed by atoms with E-state index < -0.39 is 14.3 Å². The Morgan fingerprint density at radius 2 is 1.91 bits per heavy atom. The number of para-hydroxylation sites is 2. The Kier molecular flexibility index (Phi) is 4.79. The van der Waals surface area contributed by atoms with Crippen molar-refractivity contribution in [2.45, 2.75) is 30.6 Å². The van der Waals surface area contributed by atoms with Crippen molar-refractivity contribution in [3.05, 3.63) is 24.3 Å². The van der Waals surface area contributed by atoms with E-state index in [4.69, 9.17) is 20.2 Å². The maximum absolute atomic E-state index is 12.2. The van der Waals surface area contributed by atoms with Gasteiger partial charge in [0.05, 0.1) is 18.9 Å². The van der Waals surface area contributed by atoms with Crippen molar-refractivity contribution in [2.24, 2.45) is 0 Å². The average molecular weight is 360 g/mol. The summed E-state index contributed by atoms with van der Waals surface area (Å²) in [4.78, 5) is 13.6. The van der Waals surface area contributed by atoms with E-state index in [2.05, 4.69) is 0 Å². The standard InChI is InChI=1S/C15H18ClNO5S/c16-23(19,20)12-9-15(18)17(10-12)13-3-1-2-4-14(13)22-11-5-7-21-8-6-11/h1-4,11-12H,5-10H2. The molecule has 0 spiro atoms. The largest absolute Gasteiger partial charge is 0.488 e. The van der Waals surface area contributed by atoms with Crippen molar-refractivity contribution in [3.63, 3.8) is 0 Å². The summed E-state index contributed by atoms with van der Waals surface area (Å²) in [5.41, 5.74) is 0.590. The summed E-state index contributed by atoms with van der Waals surface area (Å²) in [6.07, 6.45) is 1.52. The third-order valence-corrected chi connectivity index (χ3v) is 5.97. The molecule has 2 aliphatic heterocycles. The molecule has 2 saturated heterocycles. The van der Waals surface area contributed by atoms with E-state index in [0.29, 0.717) is 24.7 Å². The van der Waals surface area contributed by atoms with Crippen LogP contribution in [-0.2, 0) is 18.6 Å². The molecule has 23 heavy (non-hydrogen) atoms. The predicted octanol–water partition coefficient (Wildman–Crippen LogP) is 1.92. The summed E-state index contributed by atoms with van der Waals surface area (Å²) in [6.45, 7) is 1.36. The first-order valence-electron chi connectivity index (χ1n) is 7.52. The fraction of sp³-hybridized carbons (Fsp3) is 0.533. The normalized spacial score (nSPS) is 23.3. The molecular weight excluding hydrogens is 342 g/mol. The van der Waals surface area contributed by atoms with Gasteiger partial charge in [0.25, 0.3) is 0 Å². The Balaban J connectivity index is 1.81. The molecule has 2 aliphatic rings. The van der Waals surface area contributed by atoms with Gasteiger partial charge in [0.15, 0.2) is 0 Å². The number of amides is 1. The molecule has 3 rings (SSSR count). The molecule has 6 nitrogen and oxygen atoms in total. The zero-order chi connectivity index (χ0) is 16.4. The number of anilines is 1. The smallest absolute Gasteiger partial charge is 0.237 e. The maximum atomic E-state index is 12.2. The molecule has 1 unspecified atom stereocenters. The highest BCUT2D eigenvalue weighted by Gasteiger charge is 2.39. The lowest BCUT2D eigenvalue weighted by Gasteiger charge is -2.26. The van der Waals surface area contributed by atoms with Crippen LogP contribution in [0.1, 0.15) is 19.3 Å². The molecule has 0 aromatic heterocycles. The van der Waals surface area contributed by atoms with Crippen molar-refractivity contribution in [3.8, 4) is 5.75 Å². The van der Waals surface area contributed by atoms with E-state index >= 15 is 0 Å². The molecule has 1 aromatic rings. The van der Waals surface area contributed by atoms with Gasteiger partial charge in [-0.15, -0.1) is 0 Å². The van der Waals surface area contributed by atoms with Crippen molar-refractivity contribution < 1.29 is 22.7 Å². The number of ether oxygens (including phenoxy) is 2. The summed E-state index contributed by atoms with van der Waals surface area (Å²) in [5.74, 6) is 0.322. The van der Waals surface area contributed by atoms with Crippen molar-refractivity contribution >= 4 is 31.3 Å².